The summed E-state index contributed by atoms with van der Waals surface area (Å²) < 4.78 is 1.06. The lowest BCUT2D eigenvalue weighted by molar-refractivity contribution is -0.890. The van der Waals surface area contributed by atoms with E-state index in [1.165, 1.54) is 70.8 Å². The van der Waals surface area contributed by atoms with Crippen LogP contribution in [0, 0.1) is 0 Å². The van der Waals surface area contributed by atoms with Gasteiger partial charge in [-0.2, -0.15) is 0 Å². The molecule has 0 aliphatic heterocycles. The molecular weight excluding hydrogens is 400 g/mol. The van der Waals surface area contributed by atoms with Crippen molar-refractivity contribution >= 4 is 11.9 Å². The summed E-state index contributed by atoms with van der Waals surface area (Å²) >= 11 is 0. The predicted molar refractivity (Wildman–Crippen MR) is 124 cm³/mol. The van der Waals surface area contributed by atoms with Gasteiger partial charge in [0.05, 0.1) is 27.2 Å². The summed E-state index contributed by atoms with van der Waals surface area (Å²) in [7, 11) is 4.60. The first-order valence-electron chi connectivity index (χ1n) is 11.3. The number of unbranched alkanes of at least 4 members (excludes halogenated alkanes) is 9. The van der Waals surface area contributed by atoms with Gasteiger partial charge in [0.1, 0.15) is 0 Å². The Kier molecular flexibility index (Phi) is 24.8. The fourth-order valence-corrected chi connectivity index (χ4v) is 3.00. The highest BCUT2D eigenvalue weighted by Gasteiger charge is 2.14. The Bertz CT molecular complexity index is 465. The fraction of sp³-hybridized carbons (Fsp3) is 0.750. The van der Waals surface area contributed by atoms with E-state index in [0.29, 0.717) is 5.57 Å². The van der Waals surface area contributed by atoms with Gasteiger partial charge in [-0.3, -0.25) is 4.79 Å². The Morgan fingerprint density at radius 3 is 1.70 bits per heavy atom. The van der Waals surface area contributed by atoms with Crippen molar-refractivity contribution < 1.29 is 31.6 Å². The molecule has 2 N–H and O–H groups in total. The van der Waals surface area contributed by atoms with E-state index >= 15 is 0 Å². The number of hydrogen-bond acceptors (Lipinski definition) is 2. The van der Waals surface area contributed by atoms with E-state index in [1.807, 2.05) is 0 Å². The van der Waals surface area contributed by atoms with Crippen LogP contribution >= 0.6 is 0 Å². The molecule has 0 aliphatic carbocycles. The number of quaternary nitrogens is 1. The van der Waals surface area contributed by atoms with Crippen LogP contribution in [0.4, 0.5) is 0 Å². The second-order valence-electron chi connectivity index (χ2n) is 8.50. The van der Waals surface area contributed by atoms with Crippen LogP contribution in [0.5, 0.6) is 0 Å². The molecule has 178 valence electrons. The van der Waals surface area contributed by atoms with Gasteiger partial charge in [-0.05, 0) is 19.8 Å². The average molecular weight is 447 g/mol. The molecule has 0 atom stereocenters. The standard InChI is InChI=1S/C21H42N2O.C3H4O2.ClH/c1-6-7-8-9-10-11-12-13-14-15-18-23(4,5)19-16-17-22-21(24)20(2)3;1-2-3(4)5;/h2,6-19H2,1,3-5H3;2H,1H2,(H,4,5);1H. The van der Waals surface area contributed by atoms with Crippen molar-refractivity contribution in [2.45, 2.75) is 84.5 Å². The van der Waals surface area contributed by atoms with E-state index in [4.69, 9.17) is 5.11 Å². The van der Waals surface area contributed by atoms with Gasteiger partial charge in [-0.15, -0.1) is 0 Å². The highest BCUT2D eigenvalue weighted by molar-refractivity contribution is 5.91. The zero-order chi connectivity index (χ0) is 22.5. The molecule has 6 heteroatoms. The van der Waals surface area contributed by atoms with Crippen LogP contribution in [0.15, 0.2) is 24.8 Å². The Hall–Kier alpha value is -1.33. The Labute approximate surface area is 192 Å². The molecule has 0 saturated heterocycles. The van der Waals surface area contributed by atoms with Crippen molar-refractivity contribution in [3.63, 3.8) is 0 Å². The molecule has 0 spiro atoms. The number of hydrogen-bond donors (Lipinski definition) is 2. The van der Waals surface area contributed by atoms with E-state index in [9.17, 15) is 9.59 Å². The highest BCUT2D eigenvalue weighted by Crippen LogP contribution is 2.11. The Balaban J connectivity index is -0.00000108. The van der Waals surface area contributed by atoms with Gasteiger partial charge in [0.15, 0.2) is 0 Å². The van der Waals surface area contributed by atoms with Crippen LogP contribution in [0.3, 0.4) is 0 Å². The van der Waals surface area contributed by atoms with Crippen molar-refractivity contribution in [2.24, 2.45) is 0 Å². The number of carbonyl (C=O) groups excluding carboxylic acids is 1. The SMILES string of the molecule is C=C(C)C(=O)NCCC[N+](C)(C)CCCCCCCCCCCC.C=CC(=O)O.[Cl-]. The number of rotatable bonds is 17. The molecule has 1 amide bonds. The molecular formula is C24H47ClN2O3. The third kappa shape index (κ3) is 26.7. The molecule has 0 rings (SSSR count). The van der Waals surface area contributed by atoms with Gasteiger partial charge in [0, 0.05) is 24.6 Å². The van der Waals surface area contributed by atoms with Crippen LogP contribution in [-0.2, 0) is 9.59 Å². The Morgan fingerprint density at radius 2 is 1.30 bits per heavy atom. The molecule has 0 aromatic carbocycles. The quantitative estimate of drug-likeness (QED) is 0.205. The molecule has 0 radical (unpaired) electrons. The van der Waals surface area contributed by atoms with Gasteiger partial charge in [-0.1, -0.05) is 71.4 Å². The Morgan fingerprint density at radius 1 is 0.900 bits per heavy atom. The lowest BCUT2D eigenvalue weighted by atomic mass is 10.1. The summed E-state index contributed by atoms with van der Waals surface area (Å²) in [6.45, 7) is 13.8. The zero-order valence-corrected chi connectivity index (χ0v) is 20.7. The number of nitrogens with one attached hydrogen (secondary N) is 1. The molecule has 0 aromatic heterocycles. The minimum atomic E-state index is -0.981. The molecule has 0 aliphatic rings. The summed E-state index contributed by atoms with van der Waals surface area (Å²) in [5.74, 6) is -1.000. The number of halogens is 1. The summed E-state index contributed by atoms with van der Waals surface area (Å²) in [4.78, 5) is 20.7. The first kappa shape index (κ1) is 33.3. The van der Waals surface area contributed by atoms with Crippen LogP contribution < -0.4 is 17.7 Å². The van der Waals surface area contributed by atoms with Crippen molar-refractivity contribution in [1.29, 1.82) is 0 Å². The van der Waals surface area contributed by atoms with E-state index in [2.05, 4.69) is 39.5 Å². The van der Waals surface area contributed by atoms with E-state index < -0.39 is 5.97 Å². The molecule has 30 heavy (non-hydrogen) atoms. The van der Waals surface area contributed by atoms with Crippen molar-refractivity contribution in [3.05, 3.63) is 24.8 Å². The minimum Gasteiger partial charge on any atom is -1.00 e. The number of aliphatic carboxylic acids is 1. The molecule has 0 saturated carbocycles. The summed E-state index contributed by atoms with van der Waals surface area (Å²) in [6.07, 6.45) is 15.8. The highest BCUT2D eigenvalue weighted by atomic mass is 35.5. The van der Waals surface area contributed by atoms with Crippen LogP contribution in [0.25, 0.3) is 0 Å². The van der Waals surface area contributed by atoms with Crippen molar-refractivity contribution in [3.8, 4) is 0 Å². The largest absolute Gasteiger partial charge is 1.00 e. The van der Waals surface area contributed by atoms with E-state index in [0.717, 1.165) is 30.1 Å². The number of carboxylic acids is 1. The van der Waals surface area contributed by atoms with Crippen molar-refractivity contribution in [2.75, 3.05) is 33.7 Å². The van der Waals surface area contributed by atoms with Crippen LogP contribution in [0.2, 0.25) is 0 Å². The molecule has 0 aromatic rings. The second kappa shape index (κ2) is 22.4. The topological polar surface area (TPSA) is 66.4 Å². The molecule has 0 heterocycles. The van der Waals surface area contributed by atoms with E-state index in [1.54, 1.807) is 6.92 Å². The first-order valence-corrected chi connectivity index (χ1v) is 11.3. The molecule has 0 bridgehead atoms. The van der Waals surface area contributed by atoms with Crippen LogP contribution in [-0.4, -0.2) is 55.2 Å². The van der Waals surface area contributed by atoms with Gasteiger partial charge in [0.2, 0.25) is 5.91 Å². The number of carboxylic acid groups (broad SMARTS) is 1. The summed E-state index contributed by atoms with van der Waals surface area (Å²) in [6, 6.07) is 0. The van der Waals surface area contributed by atoms with Crippen LogP contribution in [0.1, 0.15) is 84.5 Å². The predicted octanol–water partition coefficient (Wildman–Crippen LogP) is 2.33. The monoisotopic (exact) mass is 446 g/mol. The van der Waals surface area contributed by atoms with E-state index in [-0.39, 0.29) is 18.3 Å². The van der Waals surface area contributed by atoms with Crippen molar-refractivity contribution in [1.82, 2.24) is 5.32 Å². The zero-order valence-electron chi connectivity index (χ0n) is 20.0. The smallest absolute Gasteiger partial charge is 0.327 e. The van der Waals surface area contributed by atoms with Gasteiger partial charge in [0.25, 0.3) is 0 Å². The van der Waals surface area contributed by atoms with Gasteiger partial charge >= 0.3 is 5.97 Å². The molecule has 0 fully saturated rings. The third-order valence-corrected chi connectivity index (χ3v) is 4.91. The number of carbonyl (C=O) groups is 2. The van der Waals surface area contributed by atoms with Gasteiger partial charge in [-0.25, -0.2) is 4.79 Å². The minimum absolute atomic E-state index is 0. The number of nitrogens with zero attached hydrogens (tertiary/aromatic N) is 1. The lowest BCUT2D eigenvalue weighted by Gasteiger charge is -2.30. The molecule has 5 nitrogen and oxygen atoms in total. The average Bonchev–Trinajstić information content (AvgIpc) is 2.66. The lowest BCUT2D eigenvalue weighted by Crippen LogP contribution is -3.00. The molecule has 0 unspecified atom stereocenters. The van der Waals surface area contributed by atoms with Gasteiger partial charge < -0.3 is 27.3 Å². The second-order valence-corrected chi connectivity index (χ2v) is 8.50. The maximum atomic E-state index is 11.4. The summed E-state index contributed by atoms with van der Waals surface area (Å²) in [5, 5.41) is 10.5. The maximum absolute atomic E-state index is 11.4. The summed E-state index contributed by atoms with van der Waals surface area (Å²) in [5.41, 5.74) is 0.592. The number of amides is 1. The third-order valence-electron chi connectivity index (χ3n) is 4.91. The first-order chi connectivity index (χ1) is 13.7. The normalized spacial score (nSPS) is 10.3. The maximum Gasteiger partial charge on any atom is 0.327 e. The fourth-order valence-electron chi connectivity index (χ4n) is 3.00.